The van der Waals surface area contributed by atoms with Gasteiger partial charge >= 0.3 is 0 Å². The van der Waals surface area contributed by atoms with E-state index < -0.39 is 0 Å². The van der Waals surface area contributed by atoms with Gasteiger partial charge in [0.05, 0.1) is 18.4 Å². The fourth-order valence-electron chi connectivity index (χ4n) is 3.25. The van der Waals surface area contributed by atoms with Crippen molar-refractivity contribution in [2.45, 2.75) is 32.2 Å². The first-order valence-corrected chi connectivity index (χ1v) is 6.26. The van der Waals surface area contributed by atoms with E-state index in [1.54, 1.807) is 6.20 Å². The lowest BCUT2D eigenvalue weighted by Gasteiger charge is -2.48. The summed E-state index contributed by atoms with van der Waals surface area (Å²) in [5, 5.41) is 4.20. The predicted octanol–water partition coefficient (Wildman–Crippen LogP) is 1.34. The Morgan fingerprint density at radius 2 is 2.00 bits per heavy atom. The number of hydrogen-bond acceptors (Lipinski definition) is 3. The lowest BCUT2D eigenvalue weighted by molar-refractivity contribution is 0.00339. The monoisotopic (exact) mass is 220 g/mol. The zero-order valence-electron chi connectivity index (χ0n) is 9.73. The van der Waals surface area contributed by atoms with E-state index in [-0.39, 0.29) is 0 Å². The smallest absolute Gasteiger partial charge is 0.0719 e. The van der Waals surface area contributed by atoms with Gasteiger partial charge in [-0.25, -0.2) is 0 Å². The Morgan fingerprint density at radius 1 is 1.25 bits per heavy atom. The van der Waals surface area contributed by atoms with Crippen LogP contribution in [0.2, 0.25) is 0 Å². The van der Waals surface area contributed by atoms with Crippen LogP contribution < -0.4 is 5.73 Å². The first kappa shape index (κ1) is 10.1. The van der Waals surface area contributed by atoms with Gasteiger partial charge in [-0.1, -0.05) is 12.8 Å². The van der Waals surface area contributed by atoms with Gasteiger partial charge in [-0.2, -0.15) is 5.10 Å². The highest BCUT2D eigenvalue weighted by Crippen LogP contribution is 2.45. The number of hydrogen-bond donors (Lipinski definition) is 1. The van der Waals surface area contributed by atoms with Crippen LogP contribution in [0, 0.1) is 5.41 Å². The lowest BCUT2D eigenvalue weighted by Crippen LogP contribution is -2.55. The molecule has 1 aromatic heterocycles. The summed E-state index contributed by atoms with van der Waals surface area (Å²) in [7, 11) is 0. The molecule has 0 bridgehead atoms. The second-order valence-corrected chi connectivity index (χ2v) is 5.45. The summed E-state index contributed by atoms with van der Waals surface area (Å²) in [5.74, 6) is 0. The summed E-state index contributed by atoms with van der Waals surface area (Å²) in [5.41, 5.74) is 7.10. The standard InChI is InChI=1S/C12H20N4/c13-11-7-14-16(8-11)6-5-15-9-12(10-15)3-1-2-4-12/h7-8H,1-6,9-10,13H2. The van der Waals surface area contributed by atoms with Crippen molar-refractivity contribution in [3.63, 3.8) is 0 Å². The average molecular weight is 220 g/mol. The molecule has 4 heteroatoms. The molecule has 0 unspecified atom stereocenters. The second kappa shape index (κ2) is 3.77. The highest BCUT2D eigenvalue weighted by Gasteiger charge is 2.43. The number of nitrogen functional groups attached to an aromatic ring is 1. The van der Waals surface area contributed by atoms with Gasteiger partial charge in [0.2, 0.25) is 0 Å². The zero-order chi connectivity index (χ0) is 11.0. The molecule has 0 radical (unpaired) electrons. The lowest BCUT2D eigenvalue weighted by atomic mass is 9.78. The molecule has 2 fully saturated rings. The first-order chi connectivity index (χ1) is 7.76. The molecular weight excluding hydrogens is 200 g/mol. The maximum absolute atomic E-state index is 5.63. The molecule has 2 aliphatic rings. The first-order valence-electron chi connectivity index (χ1n) is 6.26. The molecule has 4 nitrogen and oxygen atoms in total. The van der Waals surface area contributed by atoms with Gasteiger partial charge in [0, 0.05) is 25.8 Å². The van der Waals surface area contributed by atoms with Gasteiger partial charge in [0.25, 0.3) is 0 Å². The molecule has 1 aromatic rings. The maximum Gasteiger partial charge on any atom is 0.0719 e. The molecule has 88 valence electrons. The van der Waals surface area contributed by atoms with E-state index in [0.717, 1.165) is 18.8 Å². The molecule has 16 heavy (non-hydrogen) atoms. The van der Waals surface area contributed by atoms with Crippen LogP contribution in [0.15, 0.2) is 12.4 Å². The minimum atomic E-state index is 0.711. The fourth-order valence-corrected chi connectivity index (χ4v) is 3.25. The van der Waals surface area contributed by atoms with Gasteiger partial charge in [0.15, 0.2) is 0 Å². The number of aromatic nitrogens is 2. The van der Waals surface area contributed by atoms with Crippen LogP contribution in [-0.2, 0) is 6.54 Å². The van der Waals surface area contributed by atoms with Crippen LogP contribution >= 0.6 is 0 Å². The molecule has 1 aliphatic heterocycles. The Morgan fingerprint density at radius 3 is 2.62 bits per heavy atom. The van der Waals surface area contributed by atoms with E-state index in [0.29, 0.717) is 5.41 Å². The second-order valence-electron chi connectivity index (χ2n) is 5.45. The molecular formula is C12H20N4. The molecule has 1 saturated heterocycles. The van der Waals surface area contributed by atoms with Gasteiger partial charge < -0.3 is 10.6 Å². The molecule has 1 saturated carbocycles. The van der Waals surface area contributed by atoms with Gasteiger partial charge in [-0.05, 0) is 18.3 Å². The van der Waals surface area contributed by atoms with Crippen LogP contribution in [0.5, 0.6) is 0 Å². The number of likely N-dealkylation sites (tertiary alicyclic amines) is 1. The van der Waals surface area contributed by atoms with Crippen LogP contribution in [0.25, 0.3) is 0 Å². The van der Waals surface area contributed by atoms with E-state index in [9.17, 15) is 0 Å². The predicted molar refractivity (Wildman–Crippen MR) is 64.0 cm³/mol. The average Bonchev–Trinajstić information content (AvgIpc) is 2.81. The number of anilines is 1. The molecule has 0 amide bonds. The SMILES string of the molecule is Nc1cnn(CCN2CC3(CCCC3)C2)c1. The molecule has 3 rings (SSSR count). The maximum atomic E-state index is 5.63. The van der Waals surface area contributed by atoms with Crippen LogP contribution in [0.4, 0.5) is 5.69 Å². The third kappa shape index (κ3) is 1.82. The van der Waals surface area contributed by atoms with Crippen molar-refractivity contribution >= 4 is 5.69 Å². The zero-order valence-corrected chi connectivity index (χ0v) is 9.73. The van der Waals surface area contributed by atoms with Crippen molar-refractivity contribution in [3.8, 4) is 0 Å². The highest BCUT2D eigenvalue weighted by molar-refractivity contribution is 5.30. The van der Waals surface area contributed by atoms with Crippen LogP contribution in [0.3, 0.4) is 0 Å². The van der Waals surface area contributed by atoms with Crippen molar-refractivity contribution in [3.05, 3.63) is 12.4 Å². The van der Waals surface area contributed by atoms with E-state index in [1.807, 2.05) is 10.9 Å². The summed E-state index contributed by atoms with van der Waals surface area (Å²) in [4.78, 5) is 2.54. The summed E-state index contributed by atoms with van der Waals surface area (Å²) >= 11 is 0. The third-order valence-corrected chi connectivity index (χ3v) is 4.08. The number of nitrogens with two attached hydrogens (primary N) is 1. The molecule has 2 heterocycles. The fraction of sp³-hybridized carbons (Fsp3) is 0.750. The summed E-state index contributed by atoms with van der Waals surface area (Å²) in [6.07, 6.45) is 9.43. The highest BCUT2D eigenvalue weighted by atomic mass is 15.3. The summed E-state index contributed by atoms with van der Waals surface area (Å²) in [6, 6.07) is 0. The van der Waals surface area contributed by atoms with Gasteiger partial charge in [-0.15, -0.1) is 0 Å². The number of rotatable bonds is 3. The number of nitrogens with zero attached hydrogens (tertiary/aromatic N) is 3. The Kier molecular flexibility index (Phi) is 2.39. The molecule has 1 spiro atoms. The molecule has 1 aliphatic carbocycles. The quantitative estimate of drug-likeness (QED) is 0.836. The van der Waals surface area contributed by atoms with Crippen molar-refractivity contribution < 1.29 is 0 Å². The van der Waals surface area contributed by atoms with E-state index in [4.69, 9.17) is 5.73 Å². The minimum Gasteiger partial charge on any atom is -0.396 e. The van der Waals surface area contributed by atoms with Crippen LogP contribution in [-0.4, -0.2) is 34.3 Å². The third-order valence-electron chi connectivity index (χ3n) is 4.08. The van der Waals surface area contributed by atoms with Crippen molar-refractivity contribution in [1.29, 1.82) is 0 Å². The van der Waals surface area contributed by atoms with Crippen LogP contribution in [0.1, 0.15) is 25.7 Å². The van der Waals surface area contributed by atoms with Gasteiger partial charge in [-0.3, -0.25) is 4.68 Å². The Bertz CT molecular complexity index is 357. The largest absolute Gasteiger partial charge is 0.396 e. The van der Waals surface area contributed by atoms with E-state index in [1.165, 1.54) is 38.8 Å². The summed E-state index contributed by atoms with van der Waals surface area (Å²) in [6.45, 7) is 4.70. The molecule has 2 N–H and O–H groups in total. The topological polar surface area (TPSA) is 47.1 Å². The Balaban J connectivity index is 1.45. The van der Waals surface area contributed by atoms with Crippen molar-refractivity contribution in [2.75, 3.05) is 25.4 Å². The normalized spacial score (nSPS) is 23.8. The Labute approximate surface area is 96.4 Å². The van der Waals surface area contributed by atoms with Crippen molar-refractivity contribution in [2.24, 2.45) is 5.41 Å². The molecule has 0 atom stereocenters. The van der Waals surface area contributed by atoms with Gasteiger partial charge in [0.1, 0.15) is 0 Å². The minimum absolute atomic E-state index is 0.711. The van der Waals surface area contributed by atoms with Crippen molar-refractivity contribution in [1.82, 2.24) is 14.7 Å². The van der Waals surface area contributed by atoms with E-state index in [2.05, 4.69) is 10.00 Å². The summed E-state index contributed by atoms with van der Waals surface area (Å²) < 4.78 is 1.94. The van der Waals surface area contributed by atoms with E-state index >= 15 is 0 Å². The Hall–Kier alpha value is -1.03. The molecule has 0 aromatic carbocycles.